The number of benzene rings is 1. The number of carbonyl (C=O) groups is 1. The van der Waals surface area contributed by atoms with Crippen LogP contribution in [0.4, 0.5) is 0 Å². The topological polar surface area (TPSA) is 70.8 Å². The van der Waals surface area contributed by atoms with Crippen LogP contribution in [0.2, 0.25) is 0 Å². The van der Waals surface area contributed by atoms with Gasteiger partial charge >= 0.3 is 0 Å². The normalized spacial score (nSPS) is 18.7. The second-order valence-corrected chi connectivity index (χ2v) is 4.10. The molecule has 5 heteroatoms. The van der Waals surface area contributed by atoms with E-state index < -0.39 is 0 Å². The number of methoxy groups -OCH3 is 1. The summed E-state index contributed by atoms with van der Waals surface area (Å²) in [6.45, 7) is 1.25. The predicted octanol–water partition coefficient (Wildman–Crippen LogP) is 1.00. The van der Waals surface area contributed by atoms with Gasteiger partial charge in [0.2, 0.25) is 0 Å². The van der Waals surface area contributed by atoms with Crippen LogP contribution in [0.25, 0.3) is 0 Å². The van der Waals surface area contributed by atoms with Gasteiger partial charge in [0.05, 0.1) is 26.9 Å². The van der Waals surface area contributed by atoms with E-state index >= 15 is 0 Å². The summed E-state index contributed by atoms with van der Waals surface area (Å²) in [5.74, 6) is 1.05. The zero-order valence-corrected chi connectivity index (χ0v) is 10.3. The zero-order valence-electron chi connectivity index (χ0n) is 10.3. The molecule has 0 aromatic heterocycles. The Morgan fingerprint density at radius 1 is 1.50 bits per heavy atom. The number of rotatable bonds is 5. The molecule has 1 aromatic carbocycles. The minimum absolute atomic E-state index is 0.0156. The first kappa shape index (κ1) is 12.9. The highest BCUT2D eigenvalue weighted by atomic mass is 16.6. The summed E-state index contributed by atoms with van der Waals surface area (Å²) in [5.41, 5.74) is 5.88. The van der Waals surface area contributed by atoms with Gasteiger partial charge in [-0.25, -0.2) is 0 Å². The van der Waals surface area contributed by atoms with E-state index in [0.29, 0.717) is 30.3 Å². The Hall–Kier alpha value is -1.59. The Kier molecular flexibility index (Phi) is 4.17. The Morgan fingerprint density at radius 3 is 2.94 bits per heavy atom. The average molecular weight is 251 g/mol. The maximum atomic E-state index is 11.6. The third kappa shape index (κ3) is 2.80. The van der Waals surface area contributed by atoms with Gasteiger partial charge in [-0.1, -0.05) is 0 Å². The molecule has 1 aromatic rings. The summed E-state index contributed by atoms with van der Waals surface area (Å²) in [6, 6.07) is 5.08. The summed E-state index contributed by atoms with van der Waals surface area (Å²) >= 11 is 0. The molecule has 0 amide bonds. The summed E-state index contributed by atoms with van der Waals surface area (Å²) in [5, 5.41) is 0. The van der Waals surface area contributed by atoms with E-state index in [2.05, 4.69) is 0 Å². The molecule has 98 valence electrons. The van der Waals surface area contributed by atoms with Crippen LogP contribution in [-0.2, 0) is 4.74 Å². The Labute approximate surface area is 106 Å². The largest absolute Gasteiger partial charge is 0.493 e. The van der Waals surface area contributed by atoms with Crippen molar-refractivity contribution in [3.05, 3.63) is 23.8 Å². The Balaban J connectivity index is 2.21. The standard InChI is InChI=1S/C13H17NO4/c1-16-12-3-2-9(11(15)7-14)6-13(12)18-10-4-5-17-8-10/h2-3,6,10H,4-5,7-8,14H2,1H3. The SMILES string of the molecule is COc1ccc(C(=O)CN)cc1OC1CCOC1. The highest BCUT2D eigenvalue weighted by molar-refractivity contribution is 5.98. The van der Waals surface area contributed by atoms with Crippen LogP contribution in [0.15, 0.2) is 18.2 Å². The number of ether oxygens (including phenoxy) is 3. The van der Waals surface area contributed by atoms with E-state index in [0.717, 1.165) is 6.42 Å². The molecule has 0 saturated carbocycles. The van der Waals surface area contributed by atoms with Gasteiger partial charge in [0, 0.05) is 12.0 Å². The van der Waals surface area contributed by atoms with E-state index in [9.17, 15) is 4.79 Å². The lowest BCUT2D eigenvalue weighted by Crippen LogP contribution is -2.17. The molecule has 18 heavy (non-hydrogen) atoms. The molecule has 0 spiro atoms. The predicted molar refractivity (Wildman–Crippen MR) is 66.2 cm³/mol. The second kappa shape index (κ2) is 5.84. The van der Waals surface area contributed by atoms with Crippen molar-refractivity contribution in [1.82, 2.24) is 0 Å². The summed E-state index contributed by atoms with van der Waals surface area (Å²) in [7, 11) is 1.57. The highest BCUT2D eigenvalue weighted by Crippen LogP contribution is 2.30. The lowest BCUT2D eigenvalue weighted by Gasteiger charge is -2.15. The number of carbonyl (C=O) groups excluding carboxylic acids is 1. The van der Waals surface area contributed by atoms with Crippen LogP contribution in [-0.4, -0.2) is 38.8 Å². The fraction of sp³-hybridized carbons (Fsp3) is 0.462. The summed E-state index contributed by atoms with van der Waals surface area (Å²) < 4.78 is 16.3. The van der Waals surface area contributed by atoms with Crippen LogP contribution < -0.4 is 15.2 Å². The van der Waals surface area contributed by atoms with Crippen molar-refractivity contribution in [1.29, 1.82) is 0 Å². The van der Waals surface area contributed by atoms with E-state index in [1.54, 1.807) is 25.3 Å². The number of hydrogen-bond donors (Lipinski definition) is 1. The first-order valence-corrected chi connectivity index (χ1v) is 5.90. The fourth-order valence-electron chi connectivity index (χ4n) is 1.85. The second-order valence-electron chi connectivity index (χ2n) is 4.10. The van der Waals surface area contributed by atoms with Crippen molar-refractivity contribution in [2.75, 3.05) is 26.9 Å². The molecule has 1 heterocycles. The number of nitrogens with two attached hydrogens (primary N) is 1. The third-order valence-electron chi connectivity index (χ3n) is 2.85. The molecule has 0 aliphatic carbocycles. The van der Waals surface area contributed by atoms with Gasteiger partial charge in [-0.15, -0.1) is 0 Å². The molecule has 2 rings (SSSR count). The molecule has 1 aliphatic rings. The Morgan fingerprint density at radius 2 is 2.33 bits per heavy atom. The smallest absolute Gasteiger partial charge is 0.176 e. The third-order valence-corrected chi connectivity index (χ3v) is 2.85. The molecule has 2 N–H and O–H groups in total. The molecule has 1 unspecified atom stereocenters. The van der Waals surface area contributed by atoms with E-state index in [1.807, 2.05) is 0 Å². The maximum Gasteiger partial charge on any atom is 0.176 e. The quantitative estimate of drug-likeness (QED) is 0.791. The van der Waals surface area contributed by atoms with Gasteiger partial charge in [-0.3, -0.25) is 4.79 Å². The summed E-state index contributed by atoms with van der Waals surface area (Å²) in [4.78, 5) is 11.6. The first-order chi connectivity index (χ1) is 8.74. The number of hydrogen-bond acceptors (Lipinski definition) is 5. The molecule has 1 fully saturated rings. The van der Waals surface area contributed by atoms with E-state index in [-0.39, 0.29) is 18.4 Å². The van der Waals surface area contributed by atoms with Crippen molar-refractivity contribution >= 4 is 5.78 Å². The van der Waals surface area contributed by atoms with Crippen molar-refractivity contribution in [2.24, 2.45) is 5.73 Å². The van der Waals surface area contributed by atoms with Gasteiger partial charge in [0.15, 0.2) is 17.3 Å². The fourth-order valence-corrected chi connectivity index (χ4v) is 1.85. The minimum Gasteiger partial charge on any atom is -0.493 e. The van der Waals surface area contributed by atoms with E-state index in [4.69, 9.17) is 19.9 Å². The zero-order chi connectivity index (χ0) is 13.0. The molecule has 0 bridgehead atoms. The van der Waals surface area contributed by atoms with Crippen LogP contribution in [0.3, 0.4) is 0 Å². The Bertz CT molecular complexity index is 427. The van der Waals surface area contributed by atoms with Gasteiger partial charge in [-0.05, 0) is 18.2 Å². The highest BCUT2D eigenvalue weighted by Gasteiger charge is 2.19. The lowest BCUT2D eigenvalue weighted by atomic mass is 10.1. The molecule has 1 saturated heterocycles. The van der Waals surface area contributed by atoms with Gasteiger partial charge in [0.1, 0.15) is 6.10 Å². The molecule has 0 radical (unpaired) electrons. The van der Waals surface area contributed by atoms with Gasteiger partial charge in [0.25, 0.3) is 0 Å². The maximum absolute atomic E-state index is 11.6. The van der Waals surface area contributed by atoms with Gasteiger partial charge < -0.3 is 19.9 Å². The monoisotopic (exact) mass is 251 g/mol. The van der Waals surface area contributed by atoms with Crippen molar-refractivity contribution in [3.63, 3.8) is 0 Å². The van der Waals surface area contributed by atoms with Crippen molar-refractivity contribution in [2.45, 2.75) is 12.5 Å². The van der Waals surface area contributed by atoms with Crippen molar-refractivity contribution in [3.8, 4) is 11.5 Å². The number of ketones is 1. The molecule has 5 nitrogen and oxygen atoms in total. The minimum atomic E-state index is -0.120. The lowest BCUT2D eigenvalue weighted by molar-refractivity contribution is 0.1000. The first-order valence-electron chi connectivity index (χ1n) is 5.90. The molecular weight excluding hydrogens is 234 g/mol. The van der Waals surface area contributed by atoms with Crippen LogP contribution in [0, 0.1) is 0 Å². The van der Waals surface area contributed by atoms with Crippen molar-refractivity contribution < 1.29 is 19.0 Å². The number of Topliss-reactive ketones (excluding diaryl/α,β-unsaturated/α-hetero) is 1. The molecule has 1 aliphatic heterocycles. The molecule has 1 atom stereocenters. The van der Waals surface area contributed by atoms with Gasteiger partial charge in [-0.2, -0.15) is 0 Å². The summed E-state index contributed by atoms with van der Waals surface area (Å²) in [6.07, 6.45) is 0.861. The van der Waals surface area contributed by atoms with E-state index in [1.165, 1.54) is 0 Å². The molecular formula is C13H17NO4. The van der Waals surface area contributed by atoms with Crippen LogP contribution in [0.1, 0.15) is 16.8 Å². The average Bonchev–Trinajstić information content (AvgIpc) is 2.90. The van der Waals surface area contributed by atoms with Crippen LogP contribution >= 0.6 is 0 Å². The van der Waals surface area contributed by atoms with Crippen LogP contribution in [0.5, 0.6) is 11.5 Å².